The molecule has 140 valence electrons. The normalized spacial score (nSPS) is 16.7. The number of rotatable bonds is 5. The number of hydrogen-bond donors (Lipinski definition) is 1. The number of likely N-dealkylation sites (tertiary alicyclic amines) is 1. The molecule has 6 nitrogen and oxygen atoms in total. The number of aromatic nitrogens is 2. The maximum Gasteiger partial charge on any atom is 0.254 e. The SMILES string of the molecule is Cc1noc(C)c1COc1cccc(C(=O)N2CCCC2c2ccc[nH]2)c1. The number of amides is 1. The molecule has 0 radical (unpaired) electrons. The summed E-state index contributed by atoms with van der Waals surface area (Å²) in [6.45, 7) is 4.90. The topological polar surface area (TPSA) is 71.4 Å². The number of aromatic amines is 1. The minimum atomic E-state index is 0.0369. The Kier molecular flexibility index (Phi) is 4.71. The molecule has 0 spiro atoms. The van der Waals surface area contributed by atoms with Gasteiger partial charge in [-0.05, 0) is 57.0 Å². The molecule has 3 heterocycles. The lowest BCUT2D eigenvalue weighted by Gasteiger charge is -2.24. The van der Waals surface area contributed by atoms with E-state index in [1.165, 1.54) is 0 Å². The van der Waals surface area contributed by atoms with Crippen molar-refractivity contribution >= 4 is 5.91 Å². The van der Waals surface area contributed by atoms with Gasteiger partial charge in [-0.3, -0.25) is 4.79 Å². The number of hydrogen-bond acceptors (Lipinski definition) is 4. The van der Waals surface area contributed by atoms with Crippen molar-refractivity contribution in [3.8, 4) is 5.75 Å². The van der Waals surface area contributed by atoms with E-state index in [2.05, 4.69) is 10.1 Å². The van der Waals surface area contributed by atoms with Crippen molar-refractivity contribution in [3.05, 3.63) is 70.9 Å². The number of benzene rings is 1. The lowest BCUT2D eigenvalue weighted by atomic mass is 10.1. The Bertz CT molecular complexity index is 911. The van der Waals surface area contributed by atoms with E-state index in [0.29, 0.717) is 17.9 Å². The quantitative estimate of drug-likeness (QED) is 0.736. The van der Waals surface area contributed by atoms with Crippen LogP contribution in [0.15, 0.2) is 47.1 Å². The molecule has 0 aliphatic carbocycles. The van der Waals surface area contributed by atoms with Crippen LogP contribution in [0.1, 0.15) is 52.0 Å². The predicted octanol–water partition coefficient (Wildman–Crippen LogP) is 4.18. The first-order valence-corrected chi connectivity index (χ1v) is 9.22. The van der Waals surface area contributed by atoms with Crippen LogP contribution in [0.5, 0.6) is 5.75 Å². The summed E-state index contributed by atoms with van der Waals surface area (Å²) < 4.78 is 11.1. The Hall–Kier alpha value is -3.02. The van der Waals surface area contributed by atoms with E-state index in [9.17, 15) is 4.79 Å². The number of H-pyrrole nitrogens is 1. The van der Waals surface area contributed by atoms with Gasteiger partial charge in [0.05, 0.1) is 17.3 Å². The first-order chi connectivity index (χ1) is 13.1. The average Bonchev–Trinajstić information content (AvgIpc) is 3.41. The van der Waals surface area contributed by atoms with Gasteiger partial charge in [-0.15, -0.1) is 0 Å². The van der Waals surface area contributed by atoms with Gasteiger partial charge in [0.2, 0.25) is 0 Å². The van der Waals surface area contributed by atoms with Crippen molar-refractivity contribution in [1.82, 2.24) is 15.0 Å². The molecule has 1 aromatic carbocycles. The van der Waals surface area contributed by atoms with Gasteiger partial charge in [-0.1, -0.05) is 11.2 Å². The zero-order chi connectivity index (χ0) is 18.8. The molecule has 1 aliphatic rings. The Morgan fingerprint density at radius 1 is 1.33 bits per heavy atom. The summed E-state index contributed by atoms with van der Waals surface area (Å²) in [6.07, 6.45) is 3.89. The predicted molar refractivity (Wildman–Crippen MR) is 101 cm³/mol. The highest BCUT2D eigenvalue weighted by Crippen LogP contribution is 2.32. The molecule has 1 fully saturated rings. The van der Waals surface area contributed by atoms with Crippen LogP contribution >= 0.6 is 0 Å². The molecule has 2 aromatic heterocycles. The van der Waals surface area contributed by atoms with Crippen LogP contribution in [0.25, 0.3) is 0 Å². The number of carbonyl (C=O) groups excluding carboxylic acids is 1. The second-order valence-electron chi connectivity index (χ2n) is 6.90. The monoisotopic (exact) mass is 365 g/mol. The lowest BCUT2D eigenvalue weighted by Crippen LogP contribution is -2.30. The van der Waals surface area contributed by atoms with Gasteiger partial charge in [0.25, 0.3) is 5.91 Å². The van der Waals surface area contributed by atoms with Crippen molar-refractivity contribution < 1.29 is 14.1 Å². The van der Waals surface area contributed by atoms with E-state index >= 15 is 0 Å². The molecular weight excluding hydrogens is 342 g/mol. The number of aryl methyl sites for hydroxylation is 2. The van der Waals surface area contributed by atoms with Gasteiger partial charge in [0.15, 0.2) is 0 Å². The third-order valence-corrected chi connectivity index (χ3v) is 5.14. The maximum atomic E-state index is 13.1. The van der Waals surface area contributed by atoms with Crippen molar-refractivity contribution in [2.75, 3.05) is 6.54 Å². The van der Waals surface area contributed by atoms with Crippen molar-refractivity contribution in [2.45, 2.75) is 39.3 Å². The van der Waals surface area contributed by atoms with Gasteiger partial charge in [-0.2, -0.15) is 0 Å². The number of nitrogens with one attached hydrogen (secondary N) is 1. The maximum absolute atomic E-state index is 13.1. The highest BCUT2D eigenvalue weighted by atomic mass is 16.5. The summed E-state index contributed by atoms with van der Waals surface area (Å²) in [7, 11) is 0. The molecule has 6 heteroatoms. The van der Waals surface area contributed by atoms with E-state index < -0.39 is 0 Å². The second kappa shape index (κ2) is 7.31. The number of ether oxygens (including phenoxy) is 1. The zero-order valence-electron chi connectivity index (χ0n) is 15.6. The fourth-order valence-corrected chi connectivity index (χ4v) is 3.63. The molecule has 3 aromatic rings. The minimum absolute atomic E-state index is 0.0369. The highest BCUT2D eigenvalue weighted by molar-refractivity contribution is 5.95. The molecule has 4 rings (SSSR count). The molecule has 1 N–H and O–H groups in total. The third-order valence-electron chi connectivity index (χ3n) is 5.14. The summed E-state index contributed by atoms with van der Waals surface area (Å²) in [6, 6.07) is 11.5. The molecule has 1 aliphatic heterocycles. The highest BCUT2D eigenvalue weighted by Gasteiger charge is 2.31. The summed E-state index contributed by atoms with van der Waals surface area (Å²) in [5.74, 6) is 1.46. The number of carbonyl (C=O) groups is 1. The van der Waals surface area contributed by atoms with Gasteiger partial charge in [0, 0.05) is 24.0 Å². The Labute approximate surface area is 158 Å². The van der Waals surface area contributed by atoms with Crippen LogP contribution in [-0.2, 0) is 6.61 Å². The molecule has 0 saturated carbocycles. The zero-order valence-corrected chi connectivity index (χ0v) is 15.6. The molecule has 1 atom stereocenters. The van der Waals surface area contributed by atoms with Crippen molar-refractivity contribution in [2.24, 2.45) is 0 Å². The molecule has 0 bridgehead atoms. The fraction of sp³-hybridized carbons (Fsp3) is 0.333. The molecular formula is C21H23N3O3. The third kappa shape index (κ3) is 3.47. The van der Waals surface area contributed by atoms with E-state index in [4.69, 9.17) is 9.26 Å². The van der Waals surface area contributed by atoms with Crippen LogP contribution < -0.4 is 4.74 Å². The van der Waals surface area contributed by atoms with E-state index in [1.807, 2.05) is 61.3 Å². The van der Waals surface area contributed by atoms with E-state index in [-0.39, 0.29) is 11.9 Å². The lowest BCUT2D eigenvalue weighted by molar-refractivity contribution is 0.0732. The average molecular weight is 365 g/mol. The largest absolute Gasteiger partial charge is 0.489 e. The first kappa shape index (κ1) is 17.4. The first-order valence-electron chi connectivity index (χ1n) is 9.22. The van der Waals surface area contributed by atoms with Crippen LogP contribution in [0.3, 0.4) is 0 Å². The second-order valence-corrected chi connectivity index (χ2v) is 6.90. The number of nitrogens with zero attached hydrogens (tertiary/aromatic N) is 2. The van der Waals surface area contributed by atoms with Gasteiger partial charge in [0.1, 0.15) is 18.1 Å². The van der Waals surface area contributed by atoms with Gasteiger partial charge >= 0.3 is 0 Å². The van der Waals surface area contributed by atoms with E-state index in [0.717, 1.165) is 42.1 Å². The van der Waals surface area contributed by atoms with Crippen LogP contribution in [0.2, 0.25) is 0 Å². The molecule has 1 amide bonds. The molecule has 27 heavy (non-hydrogen) atoms. The summed E-state index contributed by atoms with van der Waals surface area (Å²) in [4.78, 5) is 18.3. The fourth-order valence-electron chi connectivity index (χ4n) is 3.63. The Morgan fingerprint density at radius 3 is 2.96 bits per heavy atom. The standard InChI is InChI=1S/C21H23N3O3/c1-14-18(15(2)27-23-14)13-26-17-7-3-6-16(12-17)21(25)24-11-5-9-20(24)19-8-4-10-22-19/h3-4,6-8,10,12,20,22H,5,9,11,13H2,1-2H3. The van der Waals surface area contributed by atoms with Gasteiger partial charge < -0.3 is 19.1 Å². The van der Waals surface area contributed by atoms with E-state index in [1.54, 1.807) is 0 Å². The van der Waals surface area contributed by atoms with Crippen LogP contribution in [-0.4, -0.2) is 27.5 Å². The van der Waals surface area contributed by atoms with Crippen LogP contribution in [0.4, 0.5) is 0 Å². The summed E-state index contributed by atoms with van der Waals surface area (Å²) >= 11 is 0. The molecule has 1 unspecified atom stereocenters. The van der Waals surface area contributed by atoms with Crippen molar-refractivity contribution in [1.29, 1.82) is 0 Å². The summed E-state index contributed by atoms with van der Waals surface area (Å²) in [5, 5.41) is 3.94. The van der Waals surface area contributed by atoms with Crippen molar-refractivity contribution in [3.63, 3.8) is 0 Å². The smallest absolute Gasteiger partial charge is 0.254 e. The summed E-state index contributed by atoms with van der Waals surface area (Å²) in [5.41, 5.74) is 3.50. The molecule has 1 saturated heterocycles. The van der Waals surface area contributed by atoms with Crippen LogP contribution in [0, 0.1) is 13.8 Å². The Morgan fingerprint density at radius 2 is 2.22 bits per heavy atom. The Balaban J connectivity index is 1.49. The van der Waals surface area contributed by atoms with Gasteiger partial charge in [-0.25, -0.2) is 0 Å². The minimum Gasteiger partial charge on any atom is -0.489 e.